The molecule has 0 aromatic rings. The number of hydrogen-bond donors (Lipinski definition) is 2. The van der Waals surface area contributed by atoms with E-state index in [0.29, 0.717) is 0 Å². The molecule has 0 aliphatic rings. The van der Waals surface area contributed by atoms with Crippen molar-refractivity contribution in [2.24, 2.45) is 0 Å². The van der Waals surface area contributed by atoms with Crippen molar-refractivity contribution < 1.29 is 31.1 Å². The molecular formula is C9H14F6N2O. The van der Waals surface area contributed by atoms with Crippen molar-refractivity contribution in [3.8, 4) is 0 Å². The fourth-order valence-electron chi connectivity index (χ4n) is 1.25. The van der Waals surface area contributed by atoms with Gasteiger partial charge in [-0.3, -0.25) is 4.79 Å². The van der Waals surface area contributed by atoms with Crippen LogP contribution in [0.3, 0.4) is 0 Å². The molecule has 0 heterocycles. The highest BCUT2D eigenvalue weighted by molar-refractivity contribution is 5.81. The van der Waals surface area contributed by atoms with E-state index in [0.717, 1.165) is 0 Å². The molecule has 0 aliphatic heterocycles. The van der Waals surface area contributed by atoms with E-state index in [1.54, 1.807) is 5.32 Å². The van der Waals surface area contributed by atoms with Gasteiger partial charge in [0.25, 0.3) is 0 Å². The van der Waals surface area contributed by atoms with Gasteiger partial charge in [-0.15, -0.1) is 0 Å². The maximum atomic E-state index is 12.0. The lowest BCUT2D eigenvalue weighted by Gasteiger charge is -2.20. The van der Waals surface area contributed by atoms with Crippen LogP contribution in [0.4, 0.5) is 26.3 Å². The van der Waals surface area contributed by atoms with Gasteiger partial charge < -0.3 is 10.6 Å². The van der Waals surface area contributed by atoms with Crippen LogP contribution in [0, 0.1) is 0 Å². The fraction of sp³-hybridized carbons (Fsp3) is 0.889. The molecule has 0 fully saturated rings. The van der Waals surface area contributed by atoms with Crippen LogP contribution in [0.1, 0.15) is 20.3 Å². The second kappa shape index (κ2) is 6.26. The average molecular weight is 280 g/mol. The first-order valence-electron chi connectivity index (χ1n) is 5.08. The quantitative estimate of drug-likeness (QED) is 0.756. The van der Waals surface area contributed by atoms with Gasteiger partial charge in [-0.05, 0) is 13.8 Å². The van der Waals surface area contributed by atoms with Crippen LogP contribution in [-0.2, 0) is 4.79 Å². The maximum absolute atomic E-state index is 12.0. The van der Waals surface area contributed by atoms with Gasteiger partial charge in [0.1, 0.15) is 6.54 Å². The van der Waals surface area contributed by atoms with Gasteiger partial charge in [0.2, 0.25) is 5.91 Å². The number of carbonyl (C=O) groups excluding carboxylic acids is 1. The summed E-state index contributed by atoms with van der Waals surface area (Å²) >= 11 is 0. The van der Waals surface area contributed by atoms with Crippen LogP contribution in [0.2, 0.25) is 0 Å². The molecule has 0 aliphatic carbocycles. The van der Waals surface area contributed by atoms with Crippen LogP contribution < -0.4 is 10.6 Å². The average Bonchev–Trinajstić information content (AvgIpc) is 2.09. The van der Waals surface area contributed by atoms with Crippen LogP contribution in [0.25, 0.3) is 0 Å². The summed E-state index contributed by atoms with van der Waals surface area (Å²) in [5.74, 6) is -0.999. The van der Waals surface area contributed by atoms with Gasteiger partial charge in [0.05, 0.1) is 12.5 Å². The van der Waals surface area contributed by atoms with Gasteiger partial charge in [-0.25, -0.2) is 0 Å². The van der Waals surface area contributed by atoms with E-state index >= 15 is 0 Å². The Morgan fingerprint density at radius 2 is 1.56 bits per heavy atom. The first kappa shape index (κ1) is 17.0. The van der Waals surface area contributed by atoms with Gasteiger partial charge in [0.15, 0.2) is 0 Å². The zero-order valence-corrected chi connectivity index (χ0v) is 9.74. The van der Waals surface area contributed by atoms with Gasteiger partial charge in [-0.1, -0.05) is 0 Å². The second-order valence-corrected chi connectivity index (χ2v) is 3.94. The van der Waals surface area contributed by atoms with Gasteiger partial charge >= 0.3 is 12.4 Å². The van der Waals surface area contributed by atoms with E-state index in [1.807, 2.05) is 0 Å². The van der Waals surface area contributed by atoms with Crippen molar-refractivity contribution in [3.63, 3.8) is 0 Å². The van der Waals surface area contributed by atoms with Crippen molar-refractivity contribution in [2.45, 2.75) is 44.7 Å². The molecule has 18 heavy (non-hydrogen) atoms. The lowest BCUT2D eigenvalue weighted by molar-refractivity contribution is -0.143. The molecule has 0 spiro atoms. The molecule has 9 heteroatoms. The molecule has 0 radical (unpaired) electrons. The van der Waals surface area contributed by atoms with Crippen molar-refractivity contribution in [1.29, 1.82) is 0 Å². The van der Waals surface area contributed by atoms with E-state index < -0.39 is 43.3 Å². The molecule has 0 saturated heterocycles. The minimum absolute atomic E-state index is 0.999. The smallest absolute Gasteiger partial charge is 0.346 e. The molecule has 0 aromatic carbocycles. The Hall–Kier alpha value is -0.990. The van der Waals surface area contributed by atoms with Crippen LogP contribution in [0.15, 0.2) is 0 Å². The van der Waals surface area contributed by atoms with Crippen molar-refractivity contribution in [2.75, 3.05) is 6.54 Å². The molecule has 0 saturated carbocycles. The number of halogens is 6. The molecule has 0 rings (SSSR count). The second-order valence-electron chi connectivity index (χ2n) is 3.94. The topological polar surface area (TPSA) is 41.1 Å². The standard InChI is InChI=1S/C9H14F6N2O/c1-5(3-8(10,11)12)17-6(2)7(18)16-4-9(13,14)15/h5-6,17H,3-4H2,1-2H3,(H,16,18). The molecule has 0 bridgehead atoms. The first-order chi connectivity index (χ1) is 7.91. The third-order valence-electron chi connectivity index (χ3n) is 1.93. The summed E-state index contributed by atoms with van der Waals surface area (Å²) < 4.78 is 71.3. The summed E-state index contributed by atoms with van der Waals surface area (Å²) in [4.78, 5) is 11.1. The van der Waals surface area contributed by atoms with Crippen molar-refractivity contribution in [3.05, 3.63) is 0 Å². The molecule has 2 N–H and O–H groups in total. The fourth-order valence-corrected chi connectivity index (χ4v) is 1.25. The zero-order valence-electron chi connectivity index (χ0n) is 9.74. The highest BCUT2D eigenvalue weighted by Gasteiger charge is 2.32. The monoisotopic (exact) mass is 280 g/mol. The van der Waals surface area contributed by atoms with E-state index in [9.17, 15) is 31.1 Å². The number of alkyl halides is 6. The normalized spacial score (nSPS) is 16.2. The summed E-state index contributed by atoms with van der Waals surface area (Å²) in [5, 5.41) is 3.86. The maximum Gasteiger partial charge on any atom is 0.405 e. The third kappa shape index (κ3) is 9.08. The minimum atomic E-state index is -4.55. The van der Waals surface area contributed by atoms with Crippen molar-refractivity contribution in [1.82, 2.24) is 10.6 Å². The van der Waals surface area contributed by atoms with Crippen LogP contribution in [-0.4, -0.2) is 36.9 Å². The molecular weight excluding hydrogens is 266 g/mol. The Balaban J connectivity index is 4.08. The lowest BCUT2D eigenvalue weighted by atomic mass is 10.2. The van der Waals surface area contributed by atoms with Crippen LogP contribution >= 0.6 is 0 Å². The van der Waals surface area contributed by atoms with Crippen molar-refractivity contribution >= 4 is 5.91 Å². The zero-order chi connectivity index (χ0) is 14.6. The lowest BCUT2D eigenvalue weighted by Crippen LogP contribution is -2.48. The summed E-state index contributed by atoms with van der Waals surface area (Å²) in [6, 6.07) is -2.19. The number of rotatable bonds is 5. The summed E-state index contributed by atoms with van der Waals surface area (Å²) in [6.45, 7) is 0.880. The summed E-state index contributed by atoms with van der Waals surface area (Å²) in [7, 11) is 0. The Labute approximate surface area is 99.9 Å². The number of amides is 1. The molecule has 1 amide bonds. The third-order valence-corrected chi connectivity index (χ3v) is 1.93. The Morgan fingerprint density at radius 3 is 1.94 bits per heavy atom. The number of hydrogen-bond acceptors (Lipinski definition) is 2. The van der Waals surface area contributed by atoms with E-state index in [4.69, 9.17) is 0 Å². The molecule has 2 atom stereocenters. The van der Waals surface area contributed by atoms with Gasteiger partial charge in [0, 0.05) is 6.04 Å². The molecule has 3 nitrogen and oxygen atoms in total. The number of carbonyl (C=O) groups is 1. The van der Waals surface area contributed by atoms with E-state index in [2.05, 4.69) is 5.32 Å². The minimum Gasteiger partial charge on any atom is -0.346 e. The Bertz CT molecular complexity index is 275. The van der Waals surface area contributed by atoms with E-state index in [1.165, 1.54) is 13.8 Å². The molecule has 2 unspecified atom stereocenters. The predicted molar refractivity (Wildman–Crippen MR) is 51.8 cm³/mol. The van der Waals surface area contributed by atoms with Gasteiger partial charge in [-0.2, -0.15) is 26.3 Å². The summed E-state index contributed by atoms with van der Waals surface area (Å²) in [6.07, 6.45) is -10.1. The molecule has 108 valence electrons. The molecule has 0 aromatic heterocycles. The Kier molecular flexibility index (Phi) is 5.91. The van der Waals surface area contributed by atoms with E-state index in [-0.39, 0.29) is 0 Å². The highest BCUT2D eigenvalue weighted by atomic mass is 19.4. The predicted octanol–water partition coefficient (Wildman–Crippen LogP) is 1.98. The number of nitrogens with one attached hydrogen (secondary N) is 2. The largest absolute Gasteiger partial charge is 0.405 e. The highest BCUT2D eigenvalue weighted by Crippen LogP contribution is 2.21. The summed E-state index contributed by atoms with van der Waals surface area (Å²) in [5.41, 5.74) is 0. The SMILES string of the molecule is CC(CC(F)(F)F)NC(C)C(=O)NCC(F)(F)F. The van der Waals surface area contributed by atoms with Crippen LogP contribution in [0.5, 0.6) is 0 Å². The Morgan fingerprint density at radius 1 is 1.06 bits per heavy atom. The first-order valence-corrected chi connectivity index (χ1v) is 5.08.